The molecule has 0 aliphatic carbocycles. The van der Waals surface area contributed by atoms with Crippen LogP contribution < -0.4 is 0 Å². The quantitative estimate of drug-likeness (QED) is 0.871. The molecule has 5 nitrogen and oxygen atoms in total. The predicted octanol–water partition coefficient (Wildman–Crippen LogP) is 0.996. The lowest BCUT2D eigenvalue weighted by molar-refractivity contribution is 0.0767. The molecule has 1 aromatic carbocycles. The molecule has 0 aliphatic heterocycles. The molecule has 0 atom stereocenters. The summed E-state index contributed by atoms with van der Waals surface area (Å²) >= 11 is 0. The van der Waals surface area contributed by atoms with E-state index in [2.05, 4.69) is 4.98 Å². The molecule has 1 aromatic heterocycles. The van der Waals surface area contributed by atoms with Gasteiger partial charge in [-0.2, -0.15) is 0 Å². The first-order valence-corrected chi connectivity index (χ1v) is 6.11. The van der Waals surface area contributed by atoms with Gasteiger partial charge in [-0.05, 0) is 17.7 Å². The summed E-state index contributed by atoms with van der Waals surface area (Å²) in [5, 5.41) is 8.82. The molecule has 0 saturated heterocycles. The van der Waals surface area contributed by atoms with Crippen molar-refractivity contribution in [2.24, 2.45) is 0 Å². The van der Waals surface area contributed by atoms with E-state index in [0.717, 1.165) is 12.1 Å². The average Bonchev–Trinajstić information content (AvgIpc) is 2.92. The van der Waals surface area contributed by atoms with Crippen molar-refractivity contribution in [3.8, 4) is 0 Å². The number of hydrogen-bond donors (Lipinski definition) is 1. The second-order valence-corrected chi connectivity index (χ2v) is 4.38. The van der Waals surface area contributed by atoms with E-state index in [1.54, 1.807) is 19.6 Å². The Balaban J connectivity index is 2.04. The van der Waals surface area contributed by atoms with Crippen LogP contribution in [0.3, 0.4) is 0 Å². The van der Waals surface area contributed by atoms with Crippen LogP contribution in [0.5, 0.6) is 0 Å². The van der Waals surface area contributed by atoms with Crippen molar-refractivity contribution in [3.05, 3.63) is 54.1 Å². The van der Waals surface area contributed by atoms with Gasteiger partial charge in [0.05, 0.1) is 12.9 Å². The fourth-order valence-electron chi connectivity index (χ4n) is 1.82. The smallest absolute Gasteiger partial charge is 0.253 e. The van der Waals surface area contributed by atoms with Crippen LogP contribution in [0.4, 0.5) is 0 Å². The van der Waals surface area contributed by atoms with Gasteiger partial charge in [0.25, 0.3) is 5.91 Å². The monoisotopic (exact) mass is 259 g/mol. The second kappa shape index (κ2) is 6.15. The van der Waals surface area contributed by atoms with Crippen LogP contribution in [0.25, 0.3) is 0 Å². The minimum atomic E-state index is -0.0803. The van der Waals surface area contributed by atoms with Crippen LogP contribution >= 0.6 is 0 Å². The standard InChI is InChI=1S/C14H17N3O2/c1-16(8-9-18)14(19)13-4-2-12(3-5-13)10-17-7-6-15-11-17/h2-7,11,18H,8-10H2,1H3. The molecule has 1 heterocycles. The summed E-state index contributed by atoms with van der Waals surface area (Å²) in [4.78, 5) is 17.5. The van der Waals surface area contributed by atoms with Gasteiger partial charge in [-0.25, -0.2) is 4.98 Å². The molecular weight excluding hydrogens is 242 g/mol. The number of aliphatic hydroxyl groups excluding tert-OH is 1. The summed E-state index contributed by atoms with van der Waals surface area (Å²) in [6.45, 7) is 1.05. The highest BCUT2D eigenvalue weighted by molar-refractivity contribution is 5.94. The SMILES string of the molecule is CN(CCO)C(=O)c1ccc(Cn2ccnc2)cc1. The first kappa shape index (κ1) is 13.3. The van der Waals surface area contributed by atoms with Crippen molar-refractivity contribution in [1.29, 1.82) is 0 Å². The van der Waals surface area contributed by atoms with E-state index in [0.29, 0.717) is 12.1 Å². The Hall–Kier alpha value is -2.14. The number of nitrogens with zero attached hydrogens (tertiary/aromatic N) is 3. The number of amides is 1. The Morgan fingerprint density at radius 3 is 2.68 bits per heavy atom. The molecule has 0 fully saturated rings. The lowest BCUT2D eigenvalue weighted by atomic mass is 10.1. The number of likely N-dealkylation sites (N-methyl/N-ethyl adjacent to an activating group) is 1. The van der Waals surface area contributed by atoms with Gasteiger partial charge in [0.15, 0.2) is 0 Å². The Bertz CT molecular complexity index is 520. The van der Waals surface area contributed by atoms with Gasteiger partial charge in [-0.15, -0.1) is 0 Å². The second-order valence-electron chi connectivity index (χ2n) is 4.38. The van der Waals surface area contributed by atoms with Gasteiger partial charge >= 0.3 is 0 Å². The first-order chi connectivity index (χ1) is 9.20. The van der Waals surface area contributed by atoms with E-state index in [1.807, 2.05) is 35.0 Å². The number of benzene rings is 1. The average molecular weight is 259 g/mol. The van der Waals surface area contributed by atoms with Crippen LogP contribution in [-0.2, 0) is 6.54 Å². The van der Waals surface area contributed by atoms with Crippen molar-refractivity contribution >= 4 is 5.91 Å². The van der Waals surface area contributed by atoms with Crippen molar-refractivity contribution in [2.45, 2.75) is 6.54 Å². The summed E-state index contributed by atoms with van der Waals surface area (Å²) in [7, 11) is 1.68. The summed E-state index contributed by atoms with van der Waals surface area (Å²) in [5.74, 6) is -0.0803. The number of carbonyl (C=O) groups is 1. The van der Waals surface area contributed by atoms with Gasteiger partial charge in [0, 0.05) is 38.1 Å². The third kappa shape index (κ3) is 3.42. The Morgan fingerprint density at radius 2 is 2.11 bits per heavy atom. The molecule has 0 saturated carbocycles. The predicted molar refractivity (Wildman–Crippen MR) is 71.8 cm³/mol. The number of hydrogen-bond acceptors (Lipinski definition) is 3. The fourth-order valence-corrected chi connectivity index (χ4v) is 1.82. The number of aliphatic hydroxyl groups is 1. The highest BCUT2D eigenvalue weighted by Gasteiger charge is 2.10. The molecule has 1 amide bonds. The van der Waals surface area contributed by atoms with Gasteiger partial charge in [0.2, 0.25) is 0 Å². The largest absolute Gasteiger partial charge is 0.395 e. The molecule has 2 aromatic rings. The molecule has 100 valence electrons. The Kier molecular flexibility index (Phi) is 4.30. The van der Waals surface area contributed by atoms with E-state index in [4.69, 9.17) is 5.11 Å². The summed E-state index contributed by atoms with van der Waals surface area (Å²) in [6, 6.07) is 7.48. The summed E-state index contributed by atoms with van der Waals surface area (Å²) < 4.78 is 1.97. The van der Waals surface area contributed by atoms with E-state index in [-0.39, 0.29) is 12.5 Å². The molecular formula is C14H17N3O2. The first-order valence-electron chi connectivity index (χ1n) is 6.11. The summed E-state index contributed by atoms with van der Waals surface area (Å²) in [5.41, 5.74) is 1.74. The maximum Gasteiger partial charge on any atom is 0.253 e. The van der Waals surface area contributed by atoms with Crippen LogP contribution in [-0.4, -0.2) is 45.7 Å². The molecule has 0 spiro atoms. The maximum atomic E-state index is 12.0. The van der Waals surface area contributed by atoms with Gasteiger partial charge in [-0.3, -0.25) is 4.79 Å². The maximum absolute atomic E-state index is 12.0. The van der Waals surface area contributed by atoms with Crippen molar-refractivity contribution < 1.29 is 9.90 Å². The van der Waals surface area contributed by atoms with E-state index in [1.165, 1.54) is 4.90 Å². The van der Waals surface area contributed by atoms with Crippen molar-refractivity contribution in [2.75, 3.05) is 20.2 Å². The number of rotatable bonds is 5. The summed E-state index contributed by atoms with van der Waals surface area (Å²) in [6.07, 6.45) is 5.39. The number of imidazole rings is 1. The topological polar surface area (TPSA) is 58.4 Å². The molecule has 0 bridgehead atoms. The zero-order chi connectivity index (χ0) is 13.7. The molecule has 5 heteroatoms. The highest BCUT2D eigenvalue weighted by Crippen LogP contribution is 2.08. The fraction of sp³-hybridized carbons (Fsp3) is 0.286. The Morgan fingerprint density at radius 1 is 1.37 bits per heavy atom. The minimum absolute atomic E-state index is 0.0268. The van der Waals surface area contributed by atoms with E-state index in [9.17, 15) is 4.79 Å². The molecule has 1 N–H and O–H groups in total. The number of carbonyl (C=O) groups excluding carboxylic acids is 1. The molecule has 0 unspecified atom stereocenters. The van der Waals surface area contributed by atoms with Gasteiger partial charge < -0.3 is 14.6 Å². The zero-order valence-corrected chi connectivity index (χ0v) is 10.9. The normalized spacial score (nSPS) is 10.4. The van der Waals surface area contributed by atoms with E-state index < -0.39 is 0 Å². The van der Waals surface area contributed by atoms with Crippen LogP contribution in [0.2, 0.25) is 0 Å². The highest BCUT2D eigenvalue weighted by atomic mass is 16.3. The molecule has 0 aliphatic rings. The molecule has 19 heavy (non-hydrogen) atoms. The van der Waals surface area contributed by atoms with Crippen LogP contribution in [0.1, 0.15) is 15.9 Å². The van der Waals surface area contributed by atoms with Crippen molar-refractivity contribution in [1.82, 2.24) is 14.5 Å². The third-order valence-corrected chi connectivity index (χ3v) is 2.91. The van der Waals surface area contributed by atoms with Crippen LogP contribution in [0, 0.1) is 0 Å². The lowest BCUT2D eigenvalue weighted by Gasteiger charge is -2.15. The minimum Gasteiger partial charge on any atom is -0.395 e. The number of aromatic nitrogens is 2. The Labute approximate surface area is 112 Å². The third-order valence-electron chi connectivity index (χ3n) is 2.91. The molecule has 2 rings (SSSR count). The van der Waals surface area contributed by atoms with Gasteiger partial charge in [0.1, 0.15) is 0 Å². The van der Waals surface area contributed by atoms with Gasteiger partial charge in [-0.1, -0.05) is 12.1 Å². The van der Waals surface area contributed by atoms with Crippen LogP contribution in [0.15, 0.2) is 43.0 Å². The molecule has 0 radical (unpaired) electrons. The zero-order valence-electron chi connectivity index (χ0n) is 10.9. The van der Waals surface area contributed by atoms with Crippen molar-refractivity contribution in [3.63, 3.8) is 0 Å². The van der Waals surface area contributed by atoms with E-state index >= 15 is 0 Å². The lowest BCUT2D eigenvalue weighted by Crippen LogP contribution is -2.29.